The highest BCUT2D eigenvalue weighted by Crippen LogP contribution is 2.23. The van der Waals surface area contributed by atoms with Gasteiger partial charge in [0.25, 0.3) is 0 Å². The first-order valence-electron chi connectivity index (χ1n) is 6.79. The van der Waals surface area contributed by atoms with Crippen LogP contribution in [0.25, 0.3) is 0 Å². The van der Waals surface area contributed by atoms with Crippen LogP contribution in [-0.4, -0.2) is 15.9 Å². The maximum atomic E-state index is 11.8. The summed E-state index contributed by atoms with van der Waals surface area (Å²) in [5.74, 6) is 0.482. The quantitative estimate of drug-likeness (QED) is 0.893. The number of aryl methyl sites for hydroxylation is 2. The van der Waals surface area contributed by atoms with Gasteiger partial charge in [0.05, 0.1) is 0 Å². The maximum absolute atomic E-state index is 11.8. The number of nitrogens with zero attached hydrogens (tertiary/aromatic N) is 2. The summed E-state index contributed by atoms with van der Waals surface area (Å²) < 4.78 is 0. The molecule has 1 aromatic heterocycles. The number of fused-ring (bicyclic) bond motifs is 1. The smallest absolute Gasteiger partial charge is 0.229 e. The largest absolute Gasteiger partial charge is 0.294 e. The first-order valence-corrected chi connectivity index (χ1v) is 6.79. The number of hydrogen-bond donors (Lipinski definition) is 1. The van der Waals surface area contributed by atoms with E-state index in [9.17, 15) is 4.79 Å². The van der Waals surface area contributed by atoms with Crippen LogP contribution in [0.15, 0.2) is 0 Å². The topological polar surface area (TPSA) is 54.9 Å². The van der Waals surface area contributed by atoms with Gasteiger partial charge in [0.2, 0.25) is 11.9 Å². The lowest BCUT2D eigenvalue weighted by Gasteiger charge is -2.18. The summed E-state index contributed by atoms with van der Waals surface area (Å²) in [4.78, 5) is 20.7. The van der Waals surface area contributed by atoms with E-state index < -0.39 is 0 Å². The molecule has 98 valence electrons. The van der Waals surface area contributed by atoms with Crippen molar-refractivity contribution in [3.63, 3.8) is 0 Å². The monoisotopic (exact) mass is 247 g/mol. The highest BCUT2D eigenvalue weighted by Gasteiger charge is 2.17. The van der Waals surface area contributed by atoms with Gasteiger partial charge in [0.1, 0.15) is 0 Å². The van der Waals surface area contributed by atoms with E-state index in [-0.39, 0.29) is 11.8 Å². The van der Waals surface area contributed by atoms with E-state index >= 15 is 0 Å². The molecule has 1 aromatic rings. The van der Waals surface area contributed by atoms with Crippen molar-refractivity contribution in [1.82, 2.24) is 9.97 Å². The van der Waals surface area contributed by atoms with E-state index in [0.29, 0.717) is 5.95 Å². The minimum Gasteiger partial charge on any atom is -0.294 e. The molecule has 1 unspecified atom stereocenters. The number of aromatic nitrogens is 2. The molecule has 1 aliphatic rings. The Bertz CT molecular complexity index is 457. The van der Waals surface area contributed by atoms with Crippen molar-refractivity contribution >= 4 is 11.9 Å². The molecule has 4 heteroatoms. The fourth-order valence-corrected chi connectivity index (χ4v) is 2.26. The Morgan fingerprint density at radius 2 is 2.06 bits per heavy atom. The van der Waals surface area contributed by atoms with Crippen LogP contribution in [0.1, 0.15) is 50.1 Å². The average molecular weight is 247 g/mol. The van der Waals surface area contributed by atoms with Crippen molar-refractivity contribution < 1.29 is 4.79 Å². The van der Waals surface area contributed by atoms with Crippen molar-refractivity contribution in [1.29, 1.82) is 0 Å². The second-order valence-electron chi connectivity index (χ2n) is 5.06. The number of hydrogen-bond acceptors (Lipinski definition) is 3. The molecule has 0 saturated carbocycles. The first-order chi connectivity index (χ1) is 8.61. The predicted molar refractivity (Wildman–Crippen MR) is 71.5 cm³/mol. The Morgan fingerprint density at radius 3 is 2.78 bits per heavy atom. The van der Waals surface area contributed by atoms with Crippen LogP contribution in [0.4, 0.5) is 5.95 Å². The van der Waals surface area contributed by atoms with E-state index in [1.807, 2.05) is 20.8 Å². The fraction of sp³-hybridized carbons (Fsp3) is 0.643. The minimum atomic E-state index is 0.00457. The zero-order valence-electron chi connectivity index (χ0n) is 11.4. The molecule has 0 spiro atoms. The Balaban J connectivity index is 2.19. The van der Waals surface area contributed by atoms with Gasteiger partial charge in [-0.2, -0.15) is 0 Å². The molecule has 1 amide bonds. The third-order valence-electron chi connectivity index (χ3n) is 3.68. The molecule has 4 nitrogen and oxygen atoms in total. The van der Waals surface area contributed by atoms with E-state index in [4.69, 9.17) is 0 Å². The second-order valence-corrected chi connectivity index (χ2v) is 5.06. The molecular weight excluding hydrogens is 226 g/mol. The standard InChI is InChI=1S/C14H21N3O/c1-4-9(2)13(18)17-14-15-10(3)11-7-5-6-8-12(11)16-14/h9H,4-8H2,1-3H3,(H,15,16,17,18). The summed E-state index contributed by atoms with van der Waals surface area (Å²) in [5, 5.41) is 2.82. The van der Waals surface area contributed by atoms with Gasteiger partial charge in [0, 0.05) is 17.3 Å². The Kier molecular flexibility index (Phi) is 3.94. The summed E-state index contributed by atoms with van der Waals surface area (Å²) >= 11 is 0. The van der Waals surface area contributed by atoms with Gasteiger partial charge in [-0.1, -0.05) is 13.8 Å². The molecule has 0 saturated heterocycles. The molecule has 0 bridgehead atoms. The zero-order chi connectivity index (χ0) is 13.1. The fourth-order valence-electron chi connectivity index (χ4n) is 2.26. The lowest BCUT2D eigenvalue weighted by molar-refractivity contribution is -0.119. The summed E-state index contributed by atoms with van der Waals surface area (Å²) in [6.07, 6.45) is 5.30. The number of amides is 1. The van der Waals surface area contributed by atoms with Crippen molar-refractivity contribution in [2.24, 2.45) is 5.92 Å². The van der Waals surface area contributed by atoms with Crippen molar-refractivity contribution in [3.8, 4) is 0 Å². The van der Waals surface area contributed by atoms with Gasteiger partial charge >= 0.3 is 0 Å². The second kappa shape index (κ2) is 5.46. The zero-order valence-corrected chi connectivity index (χ0v) is 11.4. The molecule has 0 aliphatic heterocycles. The van der Waals surface area contributed by atoms with E-state index in [2.05, 4.69) is 15.3 Å². The number of carbonyl (C=O) groups is 1. The van der Waals surface area contributed by atoms with Gasteiger partial charge in [-0.3, -0.25) is 10.1 Å². The summed E-state index contributed by atoms with van der Waals surface area (Å²) in [7, 11) is 0. The van der Waals surface area contributed by atoms with Crippen molar-refractivity contribution in [2.75, 3.05) is 5.32 Å². The molecule has 1 N–H and O–H groups in total. The number of anilines is 1. The third kappa shape index (κ3) is 2.68. The molecule has 2 rings (SSSR count). The van der Waals surface area contributed by atoms with Gasteiger partial charge in [-0.25, -0.2) is 9.97 Å². The summed E-state index contributed by atoms with van der Waals surface area (Å²) in [6, 6.07) is 0. The van der Waals surface area contributed by atoms with Crippen molar-refractivity contribution in [2.45, 2.75) is 52.9 Å². The highest BCUT2D eigenvalue weighted by atomic mass is 16.2. The first kappa shape index (κ1) is 13.0. The van der Waals surface area contributed by atoms with Gasteiger partial charge in [0.15, 0.2) is 0 Å². The normalized spacial score (nSPS) is 15.9. The van der Waals surface area contributed by atoms with Crippen LogP contribution in [0, 0.1) is 12.8 Å². The van der Waals surface area contributed by atoms with Crippen LogP contribution in [0.5, 0.6) is 0 Å². The van der Waals surface area contributed by atoms with Gasteiger partial charge in [-0.15, -0.1) is 0 Å². The lowest BCUT2D eigenvalue weighted by Crippen LogP contribution is -2.22. The summed E-state index contributed by atoms with van der Waals surface area (Å²) in [5.41, 5.74) is 3.41. The number of rotatable bonds is 3. The molecule has 1 heterocycles. The molecule has 1 atom stereocenters. The highest BCUT2D eigenvalue weighted by molar-refractivity contribution is 5.90. The van der Waals surface area contributed by atoms with E-state index in [0.717, 1.165) is 30.7 Å². The van der Waals surface area contributed by atoms with E-state index in [1.54, 1.807) is 0 Å². The van der Waals surface area contributed by atoms with Gasteiger partial charge in [-0.05, 0) is 44.6 Å². The predicted octanol–water partition coefficient (Wildman–Crippen LogP) is 2.65. The molecule has 18 heavy (non-hydrogen) atoms. The van der Waals surface area contributed by atoms with Gasteiger partial charge < -0.3 is 0 Å². The Labute approximate surface area is 108 Å². The van der Waals surface area contributed by atoms with E-state index in [1.165, 1.54) is 18.4 Å². The van der Waals surface area contributed by atoms with Crippen molar-refractivity contribution in [3.05, 3.63) is 17.0 Å². The van der Waals surface area contributed by atoms with Crippen LogP contribution in [0.2, 0.25) is 0 Å². The maximum Gasteiger partial charge on any atom is 0.229 e. The number of nitrogens with one attached hydrogen (secondary N) is 1. The summed E-state index contributed by atoms with van der Waals surface area (Å²) in [6.45, 7) is 5.93. The molecular formula is C14H21N3O. The average Bonchev–Trinajstić information content (AvgIpc) is 2.37. The Morgan fingerprint density at radius 1 is 1.33 bits per heavy atom. The lowest BCUT2D eigenvalue weighted by atomic mass is 9.95. The molecule has 1 aliphatic carbocycles. The SMILES string of the molecule is CCC(C)C(=O)Nc1nc(C)c2c(n1)CCCC2. The molecule has 0 aromatic carbocycles. The van der Waals surface area contributed by atoms with Crippen LogP contribution >= 0.6 is 0 Å². The minimum absolute atomic E-state index is 0.00457. The van der Waals surface area contributed by atoms with Crippen LogP contribution < -0.4 is 5.32 Å². The molecule has 0 radical (unpaired) electrons. The number of carbonyl (C=O) groups excluding carboxylic acids is 1. The third-order valence-corrected chi connectivity index (χ3v) is 3.68. The molecule has 0 fully saturated rings. The van der Waals surface area contributed by atoms with Crippen LogP contribution in [0.3, 0.4) is 0 Å². The van der Waals surface area contributed by atoms with Crippen LogP contribution in [-0.2, 0) is 17.6 Å². The Hall–Kier alpha value is -1.45.